The summed E-state index contributed by atoms with van der Waals surface area (Å²) in [4.78, 5) is 23.2. The molecule has 0 radical (unpaired) electrons. The third kappa shape index (κ3) is 6.07. The molecule has 0 aliphatic carbocycles. The van der Waals surface area contributed by atoms with Gasteiger partial charge in [-0.05, 0) is 54.4 Å². The number of benzene rings is 2. The molecule has 0 fully saturated rings. The van der Waals surface area contributed by atoms with Crippen LogP contribution in [0.15, 0.2) is 76.6 Å². The van der Waals surface area contributed by atoms with E-state index in [1.165, 1.54) is 24.6 Å². The highest BCUT2D eigenvalue weighted by atomic mass is 35.5. The highest BCUT2D eigenvalue weighted by molar-refractivity contribution is 7.90. The normalized spacial score (nSPS) is 11.3. The molecule has 36 heavy (non-hydrogen) atoms. The Kier molecular flexibility index (Phi) is 7.37. The molecule has 1 amide bonds. The number of halogens is 2. The van der Waals surface area contributed by atoms with Gasteiger partial charge in [-0.3, -0.25) is 4.79 Å². The van der Waals surface area contributed by atoms with Gasteiger partial charge in [0.05, 0.1) is 24.7 Å². The third-order valence-corrected chi connectivity index (χ3v) is 6.52. The molecule has 2 aromatic carbocycles. The van der Waals surface area contributed by atoms with Crippen LogP contribution in [0.4, 0.5) is 15.8 Å². The largest absolute Gasteiger partial charge is 0.467 e. The maximum Gasteiger partial charge on any atom is 0.276 e. The van der Waals surface area contributed by atoms with Crippen LogP contribution in [0.1, 0.15) is 27.4 Å². The lowest BCUT2D eigenvalue weighted by Crippen LogP contribution is -2.27. The van der Waals surface area contributed by atoms with E-state index in [2.05, 4.69) is 15.3 Å². The van der Waals surface area contributed by atoms with Gasteiger partial charge in [-0.25, -0.2) is 22.8 Å². The summed E-state index contributed by atoms with van der Waals surface area (Å²) in [5.74, 6) is -0.514. The van der Waals surface area contributed by atoms with Crippen molar-refractivity contribution in [1.82, 2.24) is 9.97 Å². The van der Waals surface area contributed by atoms with Crippen LogP contribution in [0, 0.1) is 12.7 Å². The fourth-order valence-corrected chi connectivity index (χ4v) is 4.15. The molecule has 0 unspecified atom stereocenters. The van der Waals surface area contributed by atoms with Crippen molar-refractivity contribution in [1.29, 1.82) is 0 Å². The molecule has 0 saturated carbocycles. The second-order valence-corrected chi connectivity index (χ2v) is 10.5. The van der Waals surface area contributed by atoms with Gasteiger partial charge in [0.15, 0.2) is 5.69 Å². The van der Waals surface area contributed by atoms with E-state index in [4.69, 9.17) is 16.0 Å². The van der Waals surface area contributed by atoms with E-state index in [9.17, 15) is 17.6 Å². The molecule has 1 N–H and O–H groups in total. The molecule has 8 nitrogen and oxygen atoms in total. The van der Waals surface area contributed by atoms with Crippen molar-refractivity contribution in [2.75, 3.05) is 16.5 Å². The van der Waals surface area contributed by atoms with E-state index in [1.54, 1.807) is 47.4 Å². The van der Waals surface area contributed by atoms with E-state index in [0.29, 0.717) is 22.0 Å². The number of carbonyl (C=O) groups excluding carboxylic acids is 1. The zero-order chi connectivity index (χ0) is 25.9. The van der Waals surface area contributed by atoms with Crippen LogP contribution in [-0.4, -0.2) is 30.5 Å². The number of carbonyl (C=O) groups is 1. The van der Waals surface area contributed by atoms with Crippen molar-refractivity contribution in [2.45, 2.75) is 25.2 Å². The number of anilines is 2. The topological polar surface area (TPSA) is 105 Å². The van der Waals surface area contributed by atoms with Crippen molar-refractivity contribution in [3.05, 3.63) is 100 Å². The van der Waals surface area contributed by atoms with Gasteiger partial charge in [-0.1, -0.05) is 29.8 Å². The smallest absolute Gasteiger partial charge is 0.276 e. The average Bonchev–Trinajstić information content (AvgIpc) is 3.33. The molecule has 2 aromatic heterocycles. The number of hydrogen-bond acceptors (Lipinski definition) is 7. The first-order chi connectivity index (χ1) is 17.1. The van der Waals surface area contributed by atoms with Gasteiger partial charge < -0.3 is 14.6 Å². The molecular formula is C25H22ClFN4O4S. The monoisotopic (exact) mass is 528 g/mol. The molecule has 11 heteroatoms. The molecule has 0 aliphatic heterocycles. The van der Waals surface area contributed by atoms with Crippen LogP contribution in [0.5, 0.6) is 0 Å². The highest BCUT2D eigenvalue weighted by Crippen LogP contribution is 2.26. The van der Waals surface area contributed by atoms with Gasteiger partial charge in [0, 0.05) is 23.5 Å². The Balaban J connectivity index is 1.79. The predicted molar refractivity (Wildman–Crippen MR) is 134 cm³/mol. The number of aromatic nitrogens is 2. The minimum atomic E-state index is -3.81. The SMILES string of the molecule is Cc1ccc(NC(=O)c2nc(S(C)(=O)=O)ncc2N(Cc2cccc(F)c2)Cc2ccco2)cc1Cl. The van der Waals surface area contributed by atoms with Crippen molar-refractivity contribution in [2.24, 2.45) is 0 Å². The van der Waals surface area contributed by atoms with Crippen LogP contribution < -0.4 is 10.2 Å². The van der Waals surface area contributed by atoms with Gasteiger partial charge >= 0.3 is 0 Å². The maximum atomic E-state index is 13.9. The fourth-order valence-electron chi connectivity index (χ4n) is 3.47. The van der Waals surface area contributed by atoms with Crippen LogP contribution in [0.2, 0.25) is 5.02 Å². The van der Waals surface area contributed by atoms with E-state index >= 15 is 0 Å². The molecule has 2 heterocycles. The van der Waals surface area contributed by atoms with Gasteiger partial charge in [0.25, 0.3) is 5.91 Å². The summed E-state index contributed by atoms with van der Waals surface area (Å²) < 4.78 is 43.7. The van der Waals surface area contributed by atoms with Crippen molar-refractivity contribution in [3.63, 3.8) is 0 Å². The number of nitrogens with one attached hydrogen (secondary N) is 1. The first-order valence-corrected chi connectivity index (χ1v) is 13.0. The second kappa shape index (κ2) is 10.5. The minimum absolute atomic E-state index is 0.163. The van der Waals surface area contributed by atoms with E-state index in [1.807, 2.05) is 6.92 Å². The average molecular weight is 529 g/mol. The van der Waals surface area contributed by atoms with Crippen LogP contribution in [-0.2, 0) is 22.9 Å². The van der Waals surface area contributed by atoms with Gasteiger partial charge in [-0.15, -0.1) is 0 Å². The predicted octanol–water partition coefficient (Wildman–Crippen LogP) is 5.03. The van der Waals surface area contributed by atoms with E-state index < -0.39 is 26.7 Å². The molecule has 0 atom stereocenters. The lowest BCUT2D eigenvalue weighted by molar-refractivity contribution is 0.102. The second-order valence-electron chi connectivity index (χ2n) is 8.14. The quantitative estimate of drug-likeness (QED) is 0.320. The summed E-state index contributed by atoms with van der Waals surface area (Å²) in [6.07, 6.45) is 3.73. The highest BCUT2D eigenvalue weighted by Gasteiger charge is 2.24. The fraction of sp³-hybridized carbons (Fsp3) is 0.160. The summed E-state index contributed by atoms with van der Waals surface area (Å²) in [5.41, 5.74) is 1.91. The van der Waals surface area contributed by atoms with Crippen LogP contribution in [0.25, 0.3) is 0 Å². The number of rotatable bonds is 8. The van der Waals surface area contributed by atoms with Gasteiger partial charge in [0.2, 0.25) is 15.0 Å². The Labute approximate surface area is 212 Å². The standard InChI is InChI=1S/C25H22ClFN4O4S/c1-16-8-9-19(12-21(16)26)29-24(32)23-22(13-28-25(30-23)36(2,33)34)31(15-20-7-4-10-35-20)14-17-5-3-6-18(27)11-17/h3-13H,14-15H2,1-2H3,(H,29,32). The Hall–Kier alpha value is -3.76. The number of sulfone groups is 1. The lowest BCUT2D eigenvalue weighted by atomic mass is 10.1. The molecule has 0 aliphatic rings. The number of furan rings is 1. The number of nitrogens with zero attached hydrogens (tertiary/aromatic N) is 3. The Morgan fingerprint density at radius 1 is 1.14 bits per heavy atom. The van der Waals surface area contributed by atoms with Gasteiger partial charge in [-0.2, -0.15) is 0 Å². The molecule has 0 saturated heterocycles. The molecular weight excluding hydrogens is 507 g/mol. The van der Waals surface area contributed by atoms with Crippen molar-refractivity contribution in [3.8, 4) is 0 Å². The van der Waals surface area contributed by atoms with E-state index in [0.717, 1.165) is 11.8 Å². The summed E-state index contributed by atoms with van der Waals surface area (Å²) in [6.45, 7) is 2.17. The van der Waals surface area contributed by atoms with Crippen molar-refractivity contribution >= 4 is 38.7 Å². The third-order valence-electron chi connectivity index (χ3n) is 5.25. The minimum Gasteiger partial charge on any atom is -0.467 e. The van der Waals surface area contributed by atoms with Crippen molar-refractivity contribution < 1.29 is 22.0 Å². The Bertz CT molecular complexity index is 1510. The maximum absolute atomic E-state index is 13.9. The first kappa shape index (κ1) is 25.3. The Morgan fingerprint density at radius 3 is 2.61 bits per heavy atom. The van der Waals surface area contributed by atoms with Gasteiger partial charge in [0.1, 0.15) is 11.6 Å². The molecule has 4 aromatic rings. The first-order valence-electron chi connectivity index (χ1n) is 10.8. The summed E-state index contributed by atoms with van der Waals surface area (Å²) in [7, 11) is -3.81. The molecule has 0 bridgehead atoms. The molecule has 4 rings (SSSR count). The summed E-state index contributed by atoms with van der Waals surface area (Å²) in [5, 5.41) is 2.67. The number of amides is 1. The van der Waals surface area contributed by atoms with E-state index in [-0.39, 0.29) is 24.5 Å². The molecule has 186 valence electrons. The molecule has 0 spiro atoms. The number of aryl methyl sites for hydroxylation is 1. The zero-order valence-corrected chi connectivity index (χ0v) is 21.0. The van der Waals surface area contributed by atoms with Crippen LogP contribution >= 0.6 is 11.6 Å². The number of hydrogen-bond donors (Lipinski definition) is 1. The Morgan fingerprint density at radius 2 is 1.94 bits per heavy atom. The zero-order valence-electron chi connectivity index (χ0n) is 19.4. The van der Waals surface area contributed by atoms with Crippen LogP contribution in [0.3, 0.4) is 0 Å². The lowest BCUT2D eigenvalue weighted by Gasteiger charge is -2.25. The summed E-state index contributed by atoms with van der Waals surface area (Å²) >= 11 is 6.19. The summed E-state index contributed by atoms with van der Waals surface area (Å²) in [6, 6.07) is 14.5.